The Morgan fingerprint density at radius 3 is 2.76 bits per heavy atom. The third kappa shape index (κ3) is 3.30. The minimum absolute atomic E-state index is 0.0876. The SMILES string of the molecule is CCN(C)c1cnn(CC(C)C(=O)O)c(=O)c1. The Morgan fingerprint density at radius 1 is 1.65 bits per heavy atom. The van der Waals surface area contributed by atoms with Crippen molar-refractivity contribution >= 4 is 11.7 Å². The van der Waals surface area contributed by atoms with Gasteiger partial charge in [0.1, 0.15) is 0 Å². The molecule has 94 valence electrons. The lowest BCUT2D eigenvalue weighted by Crippen LogP contribution is -2.29. The van der Waals surface area contributed by atoms with Gasteiger partial charge in [-0.05, 0) is 6.92 Å². The number of hydrogen-bond donors (Lipinski definition) is 1. The molecule has 0 saturated carbocycles. The summed E-state index contributed by atoms with van der Waals surface area (Å²) in [5, 5.41) is 12.7. The average molecular weight is 239 g/mol. The molecule has 0 fully saturated rings. The summed E-state index contributed by atoms with van der Waals surface area (Å²) in [6.07, 6.45) is 1.57. The Hall–Kier alpha value is -1.85. The second-order valence-corrected chi connectivity index (χ2v) is 3.99. The summed E-state index contributed by atoms with van der Waals surface area (Å²) >= 11 is 0. The zero-order valence-electron chi connectivity index (χ0n) is 10.3. The number of aliphatic carboxylic acids is 1. The molecule has 0 aromatic carbocycles. The molecule has 6 nitrogen and oxygen atoms in total. The minimum Gasteiger partial charge on any atom is -0.481 e. The second kappa shape index (κ2) is 5.47. The van der Waals surface area contributed by atoms with Crippen molar-refractivity contribution in [1.29, 1.82) is 0 Å². The molecule has 1 unspecified atom stereocenters. The number of carboxylic acids is 1. The largest absolute Gasteiger partial charge is 0.481 e. The molecule has 6 heteroatoms. The molecule has 1 N–H and O–H groups in total. The van der Waals surface area contributed by atoms with E-state index in [0.717, 1.165) is 12.2 Å². The summed E-state index contributed by atoms with van der Waals surface area (Å²) in [4.78, 5) is 24.3. The smallest absolute Gasteiger partial charge is 0.308 e. The molecule has 0 saturated heterocycles. The van der Waals surface area contributed by atoms with Gasteiger partial charge in [0, 0.05) is 19.7 Å². The van der Waals surface area contributed by atoms with Crippen LogP contribution in [0.15, 0.2) is 17.1 Å². The first-order valence-corrected chi connectivity index (χ1v) is 5.46. The highest BCUT2D eigenvalue weighted by molar-refractivity contribution is 5.69. The summed E-state index contributed by atoms with van der Waals surface area (Å²) in [6.45, 7) is 4.38. The zero-order chi connectivity index (χ0) is 13.0. The molecule has 1 rings (SSSR count). The van der Waals surface area contributed by atoms with Crippen LogP contribution < -0.4 is 10.5 Å². The second-order valence-electron chi connectivity index (χ2n) is 3.99. The molecule has 1 aromatic heterocycles. The maximum Gasteiger partial charge on any atom is 0.308 e. The number of aromatic nitrogens is 2. The summed E-state index contributed by atoms with van der Waals surface area (Å²) in [7, 11) is 1.86. The van der Waals surface area contributed by atoms with Crippen LogP contribution in [0, 0.1) is 5.92 Å². The van der Waals surface area contributed by atoms with Gasteiger partial charge in [-0.15, -0.1) is 0 Å². The van der Waals surface area contributed by atoms with E-state index in [1.54, 1.807) is 13.1 Å². The van der Waals surface area contributed by atoms with Crippen molar-refractivity contribution in [2.45, 2.75) is 20.4 Å². The van der Waals surface area contributed by atoms with Crippen molar-refractivity contribution in [3.05, 3.63) is 22.6 Å². The number of rotatable bonds is 5. The maximum atomic E-state index is 11.7. The van der Waals surface area contributed by atoms with Crippen molar-refractivity contribution in [2.24, 2.45) is 5.92 Å². The van der Waals surface area contributed by atoms with Gasteiger partial charge in [0.2, 0.25) is 0 Å². The third-order valence-electron chi connectivity index (χ3n) is 2.64. The highest BCUT2D eigenvalue weighted by atomic mass is 16.4. The minimum atomic E-state index is -0.937. The summed E-state index contributed by atoms with van der Waals surface area (Å²) < 4.78 is 1.17. The quantitative estimate of drug-likeness (QED) is 0.806. The molecule has 0 aliphatic carbocycles. The zero-order valence-corrected chi connectivity index (χ0v) is 10.3. The van der Waals surface area contributed by atoms with Crippen LogP contribution in [-0.2, 0) is 11.3 Å². The third-order valence-corrected chi connectivity index (χ3v) is 2.64. The van der Waals surface area contributed by atoms with Crippen LogP contribution >= 0.6 is 0 Å². The van der Waals surface area contributed by atoms with Crippen molar-refractivity contribution in [3.8, 4) is 0 Å². The van der Waals surface area contributed by atoms with E-state index in [-0.39, 0.29) is 12.1 Å². The van der Waals surface area contributed by atoms with Gasteiger partial charge in [-0.3, -0.25) is 9.59 Å². The van der Waals surface area contributed by atoms with Gasteiger partial charge >= 0.3 is 5.97 Å². The lowest BCUT2D eigenvalue weighted by Gasteiger charge is -2.16. The molecule has 0 aliphatic heterocycles. The van der Waals surface area contributed by atoms with Crippen LogP contribution in [0.1, 0.15) is 13.8 Å². The Kier molecular flexibility index (Phi) is 4.25. The molecule has 0 radical (unpaired) electrons. The van der Waals surface area contributed by atoms with Crippen molar-refractivity contribution in [1.82, 2.24) is 9.78 Å². The molecule has 0 spiro atoms. The number of hydrogen-bond acceptors (Lipinski definition) is 4. The van der Waals surface area contributed by atoms with E-state index in [1.165, 1.54) is 10.7 Å². The van der Waals surface area contributed by atoms with E-state index < -0.39 is 11.9 Å². The summed E-state index contributed by atoms with van der Waals surface area (Å²) in [5.41, 5.74) is 0.452. The highest BCUT2D eigenvalue weighted by Crippen LogP contribution is 2.06. The molecule has 1 atom stereocenters. The molecule has 1 heterocycles. The van der Waals surface area contributed by atoms with Gasteiger partial charge in [-0.25, -0.2) is 4.68 Å². The predicted octanol–water partition coefficient (Wildman–Crippen LogP) is 0.420. The first-order valence-electron chi connectivity index (χ1n) is 5.46. The first-order chi connectivity index (χ1) is 7.95. The van der Waals surface area contributed by atoms with Crippen LogP contribution in [0.3, 0.4) is 0 Å². The molecular formula is C11H17N3O3. The topological polar surface area (TPSA) is 75.4 Å². The summed E-state index contributed by atoms with van der Waals surface area (Å²) in [6, 6.07) is 1.46. The molecule has 1 aromatic rings. The monoisotopic (exact) mass is 239 g/mol. The van der Waals surface area contributed by atoms with E-state index in [9.17, 15) is 9.59 Å². The Balaban J connectivity index is 2.91. The fraction of sp³-hybridized carbons (Fsp3) is 0.545. The van der Waals surface area contributed by atoms with Gasteiger partial charge in [-0.2, -0.15) is 5.10 Å². The maximum absolute atomic E-state index is 11.7. The van der Waals surface area contributed by atoms with Gasteiger partial charge < -0.3 is 10.0 Å². The van der Waals surface area contributed by atoms with Gasteiger partial charge in [0.15, 0.2) is 0 Å². The molecular weight excluding hydrogens is 222 g/mol. The van der Waals surface area contributed by atoms with Crippen LogP contribution in [0.4, 0.5) is 5.69 Å². The van der Waals surface area contributed by atoms with E-state index >= 15 is 0 Å². The molecule has 0 amide bonds. The predicted molar refractivity (Wildman–Crippen MR) is 64.2 cm³/mol. The number of nitrogens with zero attached hydrogens (tertiary/aromatic N) is 3. The van der Waals surface area contributed by atoms with E-state index in [4.69, 9.17) is 5.11 Å². The molecule has 0 aliphatic rings. The number of carbonyl (C=O) groups is 1. The highest BCUT2D eigenvalue weighted by Gasteiger charge is 2.13. The Labute approximate surface area is 99.5 Å². The van der Waals surface area contributed by atoms with Gasteiger partial charge in [0.05, 0.1) is 24.3 Å². The molecule has 0 bridgehead atoms. The fourth-order valence-corrected chi connectivity index (χ4v) is 1.29. The first kappa shape index (κ1) is 13.2. The van der Waals surface area contributed by atoms with Crippen LogP contribution in [0.25, 0.3) is 0 Å². The number of anilines is 1. The number of carboxylic acid groups (broad SMARTS) is 1. The lowest BCUT2D eigenvalue weighted by molar-refractivity contribution is -0.141. The Bertz CT molecular complexity index is 456. The summed E-state index contributed by atoms with van der Waals surface area (Å²) in [5.74, 6) is -1.57. The molecule has 17 heavy (non-hydrogen) atoms. The lowest BCUT2D eigenvalue weighted by atomic mass is 10.2. The van der Waals surface area contributed by atoms with Crippen LogP contribution in [0.5, 0.6) is 0 Å². The Morgan fingerprint density at radius 2 is 2.29 bits per heavy atom. The van der Waals surface area contributed by atoms with E-state index in [2.05, 4.69) is 5.10 Å². The van der Waals surface area contributed by atoms with E-state index in [1.807, 2.05) is 18.9 Å². The average Bonchev–Trinajstić information content (AvgIpc) is 2.30. The van der Waals surface area contributed by atoms with Crippen molar-refractivity contribution in [2.75, 3.05) is 18.5 Å². The van der Waals surface area contributed by atoms with Crippen molar-refractivity contribution < 1.29 is 9.90 Å². The van der Waals surface area contributed by atoms with Gasteiger partial charge in [0.25, 0.3) is 5.56 Å². The van der Waals surface area contributed by atoms with Crippen LogP contribution in [0.2, 0.25) is 0 Å². The standard InChI is InChI=1S/C11H17N3O3/c1-4-13(3)9-5-10(15)14(12-6-9)7-8(2)11(16)17/h5-6,8H,4,7H2,1-3H3,(H,16,17). The van der Waals surface area contributed by atoms with Crippen LogP contribution in [-0.4, -0.2) is 34.4 Å². The van der Waals surface area contributed by atoms with E-state index in [0.29, 0.717) is 0 Å². The van der Waals surface area contributed by atoms with Crippen molar-refractivity contribution in [3.63, 3.8) is 0 Å². The normalized spacial score (nSPS) is 12.2. The van der Waals surface area contributed by atoms with Gasteiger partial charge in [-0.1, -0.05) is 6.92 Å². The fourth-order valence-electron chi connectivity index (χ4n) is 1.29.